The number of hydrogen-bond donors (Lipinski definition) is 1. The largest absolute Gasteiger partial charge is 0.492 e. The molecule has 0 spiro atoms. The maximum Gasteiger partial charge on any atom is 0.235 e. The fourth-order valence-corrected chi connectivity index (χ4v) is 6.09. The van der Waals surface area contributed by atoms with Gasteiger partial charge in [-0.1, -0.05) is 62.9 Å². The molecule has 4 rings (SSSR count). The van der Waals surface area contributed by atoms with Gasteiger partial charge in [0.2, 0.25) is 5.91 Å². The van der Waals surface area contributed by atoms with E-state index in [4.69, 9.17) is 16.3 Å². The minimum absolute atomic E-state index is 0.0392. The van der Waals surface area contributed by atoms with Crippen LogP contribution in [-0.2, 0) is 10.2 Å². The van der Waals surface area contributed by atoms with Gasteiger partial charge in [0.1, 0.15) is 12.4 Å². The van der Waals surface area contributed by atoms with Crippen molar-refractivity contribution in [3.63, 3.8) is 0 Å². The van der Waals surface area contributed by atoms with E-state index in [9.17, 15) is 4.79 Å². The number of rotatable bonds is 7. The maximum absolute atomic E-state index is 13.5. The van der Waals surface area contributed by atoms with Crippen molar-refractivity contribution < 1.29 is 9.53 Å². The van der Waals surface area contributed by atoms with E-state index in [1.54, 1.807) is 0 Å². The lowest BCUT2D eigenvalue weighted by atomic mass is 9.68. The molecule has 4 nitrogen and oxygen atoms in total. The Morgan fingerprint density at radius 3 is 2.36 bits per heavy atom. The highest BCUT2D eigenvalue weighted by molar-refractivity contribution is 6.31. The van der Waals surface area contributed by atoms with E-state index in [0.29, 0.717) is 11.6 Å². The van der Waals surface area contributed by atoms with Gasteiger partial charge < -0.3 is 10.1 Å². The highest BCUT2D eigenvalue weighted by atomic mass is 35.5. The van der Waals surface area contributed by atoms with E-state index < -0.39 is 5.41 Å². The minimum Gasteiger partial charge on any atom is -0.492 e. The number of nitrogens with zero attached hydrogens (tertiary/aromatic N) is 1. The van der Waals surface area contributed by atoms with E-state index in [1.807, 2.05) is 48.5 Å². The van der Waals surface area contributed by atoms with Gasteiger partial charge in [0.25, 0.3) is 0 Å². The Kier molecular flexibility index (Phi) is 7.98. The van der Waals surface area contributed by atoms with Crippen molar-refractivity contribution in [2.24, 2.45) is 11.8 Å². The smallest absolute Gasteiger partial charge is 0.235 e. The first-order valence-corrected chi connectivity index (χ1v) is 12.9. The molecule has 0 radical (unpaired) electrons. The normalized spacial score (nSPS) is 23.1. The molecule has 2 unspecified atom stereocenters. The van der Waals surface area contributed by atoms with E-state index in [0.717, 1.165) is 74.2 Å². The molecule has 1 aliphatic heterocycles. The van der Waals surface area contributed by atoms with Gasteiger partial charge in [-0.15, -0.1) is 0 Å². The third-order valence-electron chi connectivity index (χ3n) is 7.26. The molecule has 0 aromatic heterocycles. The summed E-state index contributed by atoms with van der Waals surface area (Å²) >= 11 is 6.54. The molecule has 5 heteroatoms. The monoisotopic (exact) mass is 468 g/mol. The van der Waals surface area contributed by atoms with Crippen LogP contribution in [0.1, 0.15) is 57.9 Å². The molecule has 1 saturated carbocycles. The number of piperidine rings is 1. The number of ether oxygens (including phenoxy) is 1. The molecule has 0 bridgehead atoms. The van der Waals surface area contributed by atoms with E-state index in [2.05, 4.69) is 24.1 Å². The number of anilines is 1. The first-order chi connectivity index (χ1) is 16.0. The molecule has 178 valence electrons. The van der Waals surface area contributed by atoms with Gasteiger partial charge in [0, 0.05) is 30.3 Å². The number of amides is 1. The van der Waals surface area contributed by atoms with Gasteiger partial charge in [-0.2, -0.15) is 0 Å². The molecule has 1 saturated heterocycles. The number of carbonyl (C=O) groups is 1. The van der Waals surface area contributed by atoms with Crippen LogP contribution in [0.3, 0.4) is 0 Å². The molecule has 2 aliphatic rings. The van der Waals surface area contributed by atoms with Crippen molar-refractivity contribution in [3.05, 3.63) is 59.1 Å². The first kappa shape index (κ1) is 24.1. The number of carbonyl (C=O) groups excluding carboxylic acids is 1. The molecule has 33 heavy (non-hydrogen) atoms. The lowest BCUT2D eigenvalue weighted by Gasteiger charge is -2.37. The summed E-state index contributed by atoms with van der Waals surface area (Å²) in [6.45, 7) is 8.62. The fraction of sp³-hybridized carbons (Fsp3) is 0.536. The lowest BCUT2D eigenvalue weighted by Crippen LogP contribution is -2.42. The van der Waals surface area contributed by atoms with E-state index in [1.165, 1.54) is 12.8 Å². The average Bonchev–Trinajstić information content (AvgIpc) is 2.80. The molecular formula is C28H37ClN2O2. The van der Waals surface area contributed by atoms with Gasteiger partial charge in [-0.3, -0.25) is 9.69 Å². The quantitative estimate of drug-likeness (QED) is 0.501. The van der Waals surface area contributed by atoms with Gasteiger partial charge in [-0.25, -0.2) is 0 Å². The molecule has 2 aromatic carbocycles. The second-order valence-electron chi connectivity index (χ2n) is 10.2. The van der Waals surface area contributed by atoms with Gasteiger partial charge in [-0.05, 0) is 67.0 Å². The zero-order valence-electron chi connectivity index (χ0n) is 20.0. The van der Waals surface area contributed by atoms with Gasteiger partial charge >= 0.3 is 0 Å². The minimum atomic E-state index is -0.561. The molecule has 1 amide bonds. The van der Waals surface area contributed by atoms with Crippen LogP contribution in [0.25, 0.3) is 0 Å². The Morgan fingerprint density at radius 2 is 1.70 bits per heavy atom. The van der Waals surface area contributed by atoms with Gasteiger partial charge in [0.15, 0.2) is 0 Å². The Morgan fingerprint density at radius 1 is 1.03 bits per heavy atom. The maximum atomic E-state index is 13.5. The van der Waals surface area contributed by atoms with Crippen molar-refractivity contribution in [2.45, 2.75) is 57.8 Å². The van der Waals surface area contributed by atoms with Crippen molar-refractivity contribution in [1.82, 2.24) is 4.90 Å². The van der Waals surface area contributed by atoms with Crippen molar-refractivity contribution in [2.75, 3.05) is 31.6 Å². The van der Waals surface area contributed by atoms with Crippen LogP contribution < -0.4 is 10.1 Å². The molecule has 2 aromatic rings. The molecule has 2 fully saturated rings. The number of nitrogens with one attached hydrogen (secondary N) is 1. The number of likely N-dealkylation sites (tertiary alicyclic amines) is 1. The lowest BCUT2D eigenvalue weighted by molar-refractivity contribution is -0.122. The summed E-state index contributed by atoms with van der Waals surface area (Å²) in [5, 5.41) is 3.84. The summed E-state index contributed by atoms with van der Waals surface area (Å²) in [7, 11) is 0. The van der Waals surface area contributed by atoms with Crippen LogP contribution in [0.2, 0.25) is 5.02 Å². The number of halogens is 1. The third-order valence-corrected chi connectivity index (χ3v) is 7.59. The summed E-state index contributed by atoms with van der Waals surface area (Å²) in [5.74, 6) is 2.40. The van der Waals surface area contributed by atoms with Gasteiger partial charge in [0.05, 0.1) is 5.41 Å². The molecule has 2 atom stereocenters. The standard InChI is InChI=1S/C28H37ClN2O2/c1-21-18-22(2)20-31(19-21)16-17-33-24-12-10-23(11-13-24)30-27(32)28(14-6-3-7-15-28)25-8-4-5-9-26(25)29/h4-5,8-13,21-22H,3,6-7,14-20H2,1-2H3,(H,30,32). The van der Waals surface area contributed by atoms with Crippen molar-refractivity contribution in [3.8, 4) is 5.75 Å². The van der Waals surface area contributed by atoms with Crippen LogP contribution in [-0.4, -0.2) is 37.0 Å². The zero-order valence-corrected chi connectivity index (χ0v) is 20.7. The van der Waals surface area contributed by atoms with Crippen LogP contribution >= 0.6 is 11.6 Å². The van der Waals surface area contributed by atoms with Crippen LogP contribution in [0.4, 0.5) is 5.69 Å². The Hall–Kier alpha value is -2.04. The highest BCUT2D eigenvalue weighted by Gasteiger charge is 2.42. The van der Waals surface area contributed by atoms with Crippen LogP contribution in [0.15, 0.2) is 48.5 Å². The molecule has 1 aliphatic carbocycles. The molecule has 1 heterocycles. The van der Waals surface area contributed by atoms with E-state index in [-0.39, 0.29) is 5.91 Å². The SMILES string of the molecule is CC1CC(C)CN(CCOc2ccc(NC(=O)C3(c4ccccc4Cl)CCCCC3)cc2)C1. The topological polar surface area (TPSA) is 41.6 Å². The second kappa shape index (κ2) is 10.9. The Labute approximate surface area is 203 Å². The molecule has 1 N–H and O–H groups in total. The number of benzene rings is 2. The second-order valence-corrected chi connectivity index (χ2v) is 10.6. The fourth-order valence-electron chi connectivity index (χ4n) is 5.78. The number of hydrogen-bond acceptors (Lipinski definition) is 3. The summed E-state index contributed by atoms with van der Waals surface area (Å²) in [6.07, 6.45) is 6.23. The third kappa shape index (κ3) is 5.91. The summed E-state index contributed by atoms with van der Waals surface area (Å²) in [5.41, 5.74) is 1.18. The van der Waals surface area contributed by atoms with Crippen LogP contribution in [0, 0.1) is 11.8 Å². The average molecular weight is 469 g/mol. The van der Waals surface area contributed by atoms with Crippen molar-refractivity contribution in [1.29, 1.82) is 0 Å². The summed E-state index contributed by atoms with van der Waals surface area (Å²) < 4.78 is 5.99. The molecular weight excluding hydrogens is 432 g/mol. The Balaban J connectivity index is 1.36. The van der Waals surface area contributed by atoms with Crippen LogP contribution in [0.5, 0.6) is 5.75 Å². The van der Waals surface area contributed by atoms with E-state index >= 15 is 0 Å². The highest BCUT2D eigenvalue weighted by Crippen LogP contribution is 2.43. The summed E-state index contributed by atoms with van der Waals surface area (Å²) in [6, 6.07) is 15.5. The predicted molar refractivity (Wildman–Crippen MR) is 136 cm³/mol. The zero-order chi connectivity index (χ0) is 23.3. The predicted octanol–water partition coefficient (Wildman–Crippen LogP) is 6.54. The first-order valence-electron chi connectivity index (χ1n) is 12.5. The van der Waals surface area contributed by atoms with Crippen molar-refractivity contribution >= 4 is 23.2 Å². The summed E-state index contributed by atoms with van der Waals surface area (Å²) in [4.78, 5) is 16.0. The Bertz CT molecular complexity index is 914.